The second-order valence-corrected chi connectivity index (χ2v) is 12.1. The van der Waals surface area contributed by atoms with Gasteiger partial charge in [0.25, 0.3) is 0 Å². The second-order valence-electron chi connectivity index (χ2n) is 12.1. The van der Waals surface area contributed by atoms with Crippen LogP contribution >= 0.6 is 0 Å². The quantitative estimate of drug-likeness (QED) is 0.217. The van der Waals surface area contributed by atoms with Crippen LogP contribution in [0, 0.1) is 0 Å². The first-order chi connectivity index (χ1) is 20.7. The zero-order valence-electron chi connectivity index (χ0n) is 24.2. The summed E-state index contributed by atoms with van der Waals surface area (Å²) in [6.45, 7) is 1.39. The number of ketones is 1. The summed E-state index contributed by atoms with van der Waals surface area (Å²) in [5, 5.41) is 7.20. The van der Waals surface area contributed by atoms with Gasteiger partial charge in [0, 0.05) is 55.1 Å². The molecular weight excluding hydrogens is 557 g/mol. The first-order valence-corrected chi connectivity index (χ1v) is 15.4. The summed E-state index contributed by atoms with van der Waals surface area (Å²) in [5.41, 5.74) is 6.94. The summed E-state index contributed by atoms with van der Waals surface area (Å²) in [4.78, 5) is 29.2. The first kappa shape index (κ1) is 29.4. The van der Waals surface area contributed by atoms with Gasteiger partial charge in [0.1, 0.15) is 0 Å². The molecule has 1 saturated heterocycles. The molecule has 9 nitrogen and oxygen atoms in total. The number of benzene rings is 1. The average Bonchev–Trinajstić information content (AvgIpc) is 3.68. The van der Waals surface area contributed by atoms with Crippen molar-refractivity contribution in [2.45, 2.75) is 94.6 Å². The lowest BCUT2D eigenvalue weighted by Crippen LogP contribution is -2.36. The molecule has 2 aromatic heterocycles. The molecule has 1 aromatic carbocycles. The molecule has 0 spiro atoms. The summed E-state index contributed by atoms with van der Waals surface area (Å²) in [6.07, 6.45) is 10.7. The van der Waals surface area contributed by atoms with Gasteiger partial charge in [-0.25, -0.2) is 4.98 Å². The van der Waals surface area contributed by atoms with E-state index in [0.29, 0.717) is 31.1 Å². The number of piperidine rings is 1. The van der Waals surface area contributed by atoms with Gasteiger partial charge < -0.3 is 25.8 Å². The Kier molecular flexibility index (Phi) is 8.56. The van der Waals surface area contributed by atoms with E-state index in [1.807, 2.05) is 11.2 Å². The van der Waals surface area contributed by atoms with Gasteiger partial charge in [-0.3, -0.25) is 4.79 Å². The van der Waals surface area contributed by atoms with E-state index in [2.05, 4.69) is 15.2 Å². The molecule has 12 heteroatoms. The van der Waals surface area contributed by atoms with E-state index in [0.717, 1.165) is 80.5 Å². The van der Waals surface area contributed by atoms with E-state index in [4.69, 9.17) is 20.7 Å². The summed E-state index contributed by atoms with van der Waals surface area (Å²) in [6, 6.07) is 5.64. The van der Waals surface area contributed by atoms with Gasteiger partial charge in [-0.05, 0) is 63.5 Å². The average molecular weight is 597 g/mol. The van der Waals surface area contributed by atoms with Crippen molar-refractivity contribution in [3.05, 3.63) is 54.0 Å². The molecule has 2 saturated carbocycles. The molecule has 0 unspecified atom stereocenters. The van der Waals surface area contributed by atoms with Gasteiger partial charge in [-0.15, -0.1) is 0 Å². The van der Waals surface area contributed by atoms with Crippen molar-refractivity contribution >= 4 is 28.7 Å². The molecule has 6 rings (SSSR count). The number of hydrogen-bond acceptors (Lipinski definition) is 8. The number of allylic oxidation sites excluding steroid dienone is 1. The molecule has 0 radical (unpaired) electrons. The Morgan fingerprint density at radius 3 is 2.40 bits per heavy atom. The van der Waals surface area contributed by atoms with Crippen LogP contribution in [0.1, 0.15) is 86.2 Å². The number of carbonyl (C=O) groups is 1. The zero-order valence-corrected chi connectivity index (χ0v) is 24.2. The minimum atomic E-state index is -4.49. The second kappa shape index (κ2) is 12.5. The Labute approximate surface area is 249 Å². The smallest absolute Gasteiger partial charge is 0.377 e. The fourth-order valence-corrected chi connectivity index (χ4v) is 6.48. The lowest BCUT2D eigenvalue weighted by molar-refractivity contribution is -0.137. The van der Waals surface area contributed by atoms with Crippen molar-refractivity contribution in [1.82, 2.24) is 24.4 Å². The Morgan fingerprint density at radius 1 is 0.953 bits per heavy atom. The van der Waals surface area contributed by atoms with Gasteiger partial charge in [0.2, 0.25) is 5.95 Å². The molecule has 0 amide bonds. The van der Waals surface area contributed by atoms with Gasteiger partial charge >= 0.3 is 6.18 Å². The van der Waals surface area contributed by atoms with Crippen molar-refractivity contribution in [3.8, 4) is 0 Å². The molecule has 4 N–H and O–H groups in total. The van der Waals surface area contributed by atoms with Crippen molar-refractivity contribution in [2.24, 2.45) is 5.73 Å². The summed E-state index contributed by atoms with van der Waals surface area (Å²) in [7, 11) is 0. The number of imidazole rings is 1. The number of nitrogens with zero attached hydrogens (tertiary/aromatic N) is 5. The number of likely N-dealkylation sites (tertiary alicyclic amines) is 1. The number of alkyl halides is 3. The molecule has 3 aromatic rings. The van der Waals surface area contributed by atoms with Crippen LogP contribution in [0.2, 0.25) is 0 Å². The standard InChI is InChI=1S/C31H39F3N8O/c32-31(33,34)21-5-3-4-20(18-21)26(43)14-17-41-15-12-24(13-16-41)37-28-27-29(42(19-36-27)25-6-1-2-7-25)40-30(39-28)38-23-10-8-22(35)9-11-23/h3-5,14,17-19,22-25H,1-2,6-13,15-16,35H2,(H2,37,38,39,40). The highest BCUT2D eigenvalue weighted by Crippen LogP contribution is 2.34. The highest BCUT2D eigenvalue weighted by molar-refractivity contribution is 6.04. The number of fused-ring (bicyclic) bond motifs is 1. The van der Waals surface area contributed by atoms with Gasteiger partial charge in [-0.1, -0.05) is 25.0 Å². The Bertz CT molecular complexity index is 1450. The van der Waals surface area contributed by atoms with Crippen molar-refractivity contribution < 1.29 is 18.0 Å². The van der Waals surface area contributed by atoms with Crippen molar-refractivity contribution in [1.29, 1.82) is 0 Å². The maximum absolute atomic E-state index is 13.0. The maximum atomic E-state index is 13.0. The fraction of sp³-hybridized carbons (Fsp3) is 0.548. The number of nitrogens with two attached hydrogens (primary N) is 1. The normalized spacial score (nSPS) is 22.5. The van der Waals surface area contributed by atoms with Crippen LogP contribution in [0.25, 0.3) is 11.2 Å². The molecule has 230 valence electrons. The first-order valence-electron chi connectivity index (χ1n) is 15.4. The molecule has 43 heavy (non-hydrogen) atoms. The predicted molar refractivity (Wildman–Crippen MR) is 160 cm³/mol. The monoisotopic (exact) mass is 596 g/mol. The van der Waals surface area contributed by atoms with Gasteiger partial charge in [0.05, 0.1) is 11.9 Å². The molecule has 0 atom stereocenters. The van der Waals surface area contributed by atoms with Crippen molar-refractivity contribution in [3.63, 3.8) is 0 Å². The molecular formula is C31H39F3N8O. The van der Waals surface area contributed by atoms with E-state index in [1.54, 1.807) is 6.20 Å². The number of rotatable bonds is 8. The number of carbonyl (C=O) groups excluding carboxylic acids is 1. The summed E-state index contributed by atoms with van der Waals surface area (Å²) < 4.78 is 41.3. The topological polar surface area (TPSA) is 114 Å². The van der Waals surface area contributed by atoms with Gasteiger partial charge in [0.15, 0.2) is 22.8 Å². The van der Waals surface area contributed by atoms with Crippen LogP contribution in [-0.4, -0.2) is 61.4 Å². The molecule has 1 aliphatic heterocycles. The number of nitrogens with one attached hydrogen (secondary N) is 2. The fourth-order valence-electron chi connectivity index (χ4n) is 6.48. The van der Waals surface area contributed by atoms with Crippen LogP contribution in [0.5, 0.6) is 0 Å². The van der Waals surface area contributed by atoms with Crippen LogP contribution in [0.4, 0.5) is 24.9 Å². The summed E-state index contributed by atoms with van der Waals surface area (Å²) in [5.74, 6) is 0.890. The minimum Gasteiger partial charge on any atom is -0.377 e. The Hall–Kier alpha value is -3.67. The van der Waals surface area contributed by atoms with E-state index >= 15 is 0 Å². The van der Waals surface area contributed by atoms with Crippen LogP contribution in [0.15, 0.2) is 42.9 Å². The van der Waals surface area contributed by atoms with Gasteiger partial charge in [-0.2, -0.15) is 23.1 Å². The van der Waals surface area contributed by atoms with E-state index in [1.165, 1.54) is 31.1 Å². The summed E-state index contributed by atoms with van der Waals surface area (Å²) >= 11 is 0. The molecule has 2 aliphatic carbocycles. The van der Waals surface area contributed by atoms with Crippen LogP contribution < -0.4 is 16.4 Å². The lowest BCUT2D eigenvalue weighted by atomic mass is 9.92. The highest BCUT2D eigenvalue weighted by Gasteiger charge is 2.31. The maximum Gasteiger partial charge on any atom is 0.416 e. The van der Waals surface area contributed by atoms with E-state index in [9.17, 15) is 18.0 Å². The zero-order chi connectivity index (χ0) is 30.0. The largest absolute Gasteiger partial charge is 0.416 e. The predicted octanol–water partition coefficient (Wildman–Crippen LogP) is 5.91. The number of halogens is 3. The van der Waals surface area contributed by atoms with E-state index < -0.39 is 17.5 Å². The van der Waals surface area contributed by atoms with Crippen LogP contribution in [0.3, 0.4) is 0 Å². The molecule has 3 heterocycles. The third-order valence-electron chi connectivity index (χ3n) is 9.03. The highest BCUT2D eigenvalue weighted by atomic mass is 19.4. The number of anilines is 2. The molecule has 3 aliphatic rings. The Balaban J connectivity index is 1.12. The van der Waals surface area contributed by atoms with Crippen LogP contribution in [-0.2, 0) is 6.18 Å². The lowest BCUT2D eigenvalue weighted by Gasteiger charge is -2.32. The van der Waals surface area contributed by atoms with E-state index in [-0.39, 0.29) is 17.6 Å². The SMILES string of the molecule is NC1CCC(Nc2nc(NC3CCN(C=CC(=O)c4cccc(C(F)(F)F)c4)CC3)c3ncn(C4CCCC4)c3n2)CC1. The van der Waals surface area contributed by atoms with Crippen molar-refractivity contribution in [2.75, 3.05) is 23.7 Å². The Morgan fingerprint density at radius 2 is 1.67 bits per heavy atom. The third kappa shape index (κ3) is 6.95. The number of hydrogen-bond donors (Lipinski definition) is 3. The molecule has 0 bridgehead atoms. The third-order valence-corrected chi connectivity index (χ3v) is 9.03. The molecule has 3 fully saturated rings. The number of aromatic nitrogens is 4. The minimum absolute atomic E-state index is 0.0212.